The molecule has 4 heterocycles. The highest BCUT2D eigenvalue weighted by atomic mass is 32.1. The molecule has 0 spiro atoms. The second kappa shape index (κ2) is 11.4. The van der Waals surface area contributed by atoms with Crippen molar-refractivity contribution in [3.05, 3.63) is 152 Å². The van der Waals surface area contributed by atoms with Gasteiger partial charge in [0.15, 0.2) is 17.5 Å². The van der Waals surface area contributed by atoms with Crippen molar-refractivity contribution >= 4 is 71.9 Å². The Kier molecular flexibility index (Phi) is 6.54. The van der Waals surface area contributed by atoms with Gasteiger partial charge in [-0.25, -0.2) is 15.0 Å². The molecule has 7 aromatic carbocycles. The number of aromatic nitrogens is 3. The highest BCUT2D eigenvalue weighted by molar-refractivity contribution is 7.25. The van der Waals surface area contributed by atoms with Gasteiger partial charge in [0, 0.05) is 53.2 Å². The summed E-state index contributed by atoms with van der Waals surface area (Å²) >= 11 is 1.80. The zero-order valence-corrected chi connectivity index (χ0v) is 30.9. The van der Waals surface area contributed by atoms with E-state index in [1.54, 1.807) is 11.3 Å². The molecule has 0 aliphatic carbocycles. The van der Waals surface area contributed by atoms with Crippen molar-refractivity contribution in [1.29, 1.82) is 0 Å². The number of thiophene rings is 1. The van der Waals surface area contributed by atoms with Gasteiger partial charge in [-0.2, -0.15) is 0 Å². The third-order valence-corrected chi connectivity index (χ3v) is 15.6. The van der Waals surface area contributed by atoms with Crippen LogP contribution in [0.5, 0.6) is 0 Å². The first-order valence-electron chi connectivity index (χ1n) is 17.9. The Morgan fingerprint density at radius 3 is 1.96 bits per heavy atom. The number of benzene rings is 7. The molecule has 4 nitrogen and oxygen atoms in total. The molecule has 1 aliphatic heterocycles. The predicted octanol–water partition coefficient (Wildman–Crippen LogP) is 11.6. The van der Waals surface area contributed by atoms with E-state index in [2.05, 4.69) is 153 Å². The van der Waals surface area contributed by atoms with E-state index in [1.165, 1.54) is 41.7 Å². The second-order valence-electron chi connectivity index (χ2n) is 14.3. The van der Waals surface area contributed by atoms with Crippen molar-refractivity contribution in [3.63, 3.8) is 0 Å². The van der Waals surface area contributed by atoms with Crippen LogP contribution in [0.15, 0.2) is 156 Å². The molecule has 1 aliphatic rings. The molecule has 6 heteroatoms. The molecule has 0 N–H and O–H groups in total. The van der Waals surface area contributed by atoms with Crippen LogP contribution < -0.4 is 10.4 Å². The van der Waals surface area contributed by atoms with E-state index in [0.29, 0.717) is 17.5 Å². The monoisotopic (exact) mass is 713 g/mol. The maximum atomic E-state index is 6.84. The quantitative estimate of drug-likeness (QED) is 0.170. The molecule has 0 saturated carbocycles. The van der Waals surface area contributed by atoms with Crippen LogP contribution >= 0.6 is 11.3 Å². The van der Waals surface area contributed by atoms with Crippen molar-refractivity contribution in [2.75, 3.05) is 0 Å². The minimum Gasteiger partial charge on any atom is -0.455 e. The fraction of sp³-hybridized carbons (Fsp3) is 0.0426. The lowest BCUT2D eigenvalue weighted by atomic mass is 9.97. The van der Waals surface area contributed by atoms with E-state index in [4.69, 9.17) is 19.4 Å². The first-order valence-corrected chi connectivity index (χ1v) is 21.8. The highest BCUT2D eigenvalue weighted by Gasteiger charge is 2.40. The summed E-state index contributed by atoms with van der Waals surface area (Å²) in [7, 11) is -2.10. The van der Waals surface area contributed by atoms with Gasteiger partial charge in [0.2, 0.25) is 0 Å². The largest absolute Gasteiger partial charge is 0.455 e. The van der Waals surface area contributed by atoms with E-state index in [0.717, 1.165) is 49.8 Å². The normalized spacial score (nSPS) is 13.2. The molecule has 0 amide bonds. The van der Waals surface area contributed by atoms with Crippen LogP contribution in [0.4, 0.5) is 0 Å². The first-order chi connectivity index (χ1) is 26.0. The minimum atomic E-state index is -2.10. The van der Waals surface area contributed by atoms with Crippen molar-refractivity contribution in [2.45, 2.75) is 13.1 Å². The van der Waals surface area contributed by atoms with Crippen molar-refractivity contribution in [1.82, 2.24) is 15.0 Å². The minimum absolute atomic E-state index is 0.641. The lowest BCUT2D eigenvalue weighted by Gasteiger charge is -2.19. The highest BCUT2D eigenvalue weighted by Crippen LogP contribution is 2.44. The number of rotatable bonds is 4. The van der Waals surface area contributed by atoms with Crippen molar-refractivity contribution in [3.8, 4) is 56.4 Å². The van der Waals surface area contributed by atoms with Crippen LogP contribution in [0.1, 0.15) is 0 Å². The summed E-state index contributed by atoms with van der Waals surface area (Å²) in [5.41, 5.74) is 9.35. The fourth-order valence-electron chi connectivity index (χ4n) is 8.39. The van der Waals surface area contributed by atoms with E-state index >= 15 is 0 Å². The maximum absolute atomic E-state index is 6.84. The van der Waals surface area contributed by atoms with E-state index in [1.807, 2.05) is 12.1 Å². The number of hydrogen-bond acceptors (Lipinski definition) is 5. The molecule has 3 aromatic heterocycles. The smallest absolute Gasteiger partial charge is 0.164 e. The topological polar surface area (TPSA) is 51.8 Å². The molecule has 250 valence electrons. The van der Waals surface area contributed by atoms with E-state index in [-0.39, 0.29) is 0 Å². The summed E-state index contributed by atoms with van der Waals surface area (Å²) < 4.78 is 9.33. The summed E-state index contributed by atoms with van der Waals surface area (Å²) in [5, 5.41) is 7.40. The molecule has 0 radical (unpaired) electrons. The Hall–Kier alpha value is -6.21. The Labute approximate surface area is 311 Å². The maximum Gasteiger partial charge on any atom is 0.164 e. The Morgan fingerprint density at radius 2 is 1.11 bits per heavy atom. The van der Waals surface area contributed by atoms with Crippen LogP contribution in [0.3, 0.4) is 0 Å². The zero-order valence-electron chi connectivity index (χ0n) is 29.1. The van der Waals surface area contributed by atoms with Gasteiger partial charge in [0.1, 0.15) is 19.2 Å². The molecule has 53 heavy (non-hydrogen) atoms. The van der Waals surface area contributed by atoms with Crippen molar-refractivity contribution < 1.29 is 4.42 Å². The molecule has 0 unspecified atom stereocenters. The summed E-state index contributed by atoms with van der Waals surface area (Å²) in [6.45, 7) is 4.88. The third kappa shape index (κ3) is 4.56. The molecule has 0 bridgehead atoms. The van der Waals surface area contributed by atoms with Crippen LogP contribution in [-0.2, 0) is 0 Å². The first kappa shape index (κ1) is 30.4. The lowest BCUT2D eigenvalue weighted by molar-refractivity contribution is 0.670. The Balaban J connectivity index is 1.23. The average Bonchev–Trinajstić information content (AvgIpc) is 3.85. The van der Waals surface area contributed by atoms with Gasteiger partial charge < -0.3 is 4.42 Å². The molecular weight excluding hydrogens is 683 g/mol. The number of furan rings is 1. The molecular formula is C47H31N3OSSi. The van der Waals surface area contributed by atoms with Gasteiger partial charge in [-0.05, 0) is 51.3 Å². The third-order valence-electron chi connectivity index (χ3n) is 11.0. The average molecular weight is 714 g/mol. The van der Waals surface area contributed by atoms with Crippen LogP contribution in [0.2, 0.25) is 13.1 Å². The Bertz CT molecular complexity index is 3110. The van der Waals surface area contributed by atoms with Gasteiger partial charge >= 0.3 is 0 Å². The van der Waals surface area contributed by atoms with Gasteiger partial charge in [0.05, 0.1) is 0 Å². The fourth-order valence-corrected chi connectivity index (χ4v) is 12.6. The van der Waals surface area contributed by atoms with Gasteiger partial charge in [-0.15, -0.1) is 11.3 Å². The van der Waals surface area contributed by atoms with Gasteiger partial charge in [0.25, 0.3) is 0 Å². The number of para-hydroxylation sites is 1. The number of fused-ring (bicyclic) bond motifs is 10. The number of hydrogen-bond donors (Lipinski definition) is 0. The molecule has 0 atom stereocenters. The number of nitrogens with zero attached hydrogens (tertiary/aromatic N) is 3. The predicted molar refractivity (Wildman–Crippen MR) is 224 cm³/mol. The second-order valence-corrected chi connectivity index (χ2v) is 19.8. The van der Waals surface area contributed by atoms with E-state index < -0.39 is 8.07 Å². The SMILES string of the molecule is C[Si]1(C)c2ccccc2-c2c1cc(-c1nc(-c3ccc4c(c3)sc3ccccc34)nc(-c3ccccc3-c3ccccc3)n1)c1c2oc2ccccc21. The van der Waals surface area contributed by atoms with Gasteiger partial charge in [-0.3, -0.25) is 0 Å². The summed E-state index contributed by atoms with van der Waals surface area (Å²) in [5.74, 6) is 1.93. The van der Waals surface area contributed by atoms with Crippen LogP contribution in [0, 0.1) is 0 Å². The van der Waals surface area contributed by atoms with Crippen LogP contribution in [0.25, 0.3) is 98.5 Å². The molecule has 11 rings (SSSR count). The zero-order chi connectivity index (χ0) is 35.3. The summed E-state index contributed by atoms with van der Waals surface area (Å²) in [4.78, 5) is 16.1. The summed E-state index contributed by atoms with van der Waals surface area (Å²) in [6.07, 6.45) is 0. The van der Waals surface area contributed by atoms with Crippen LogP contribution in [-0.4, -0.2) is 23.0 Å². The lowest BCUT2D eigenvalue weighted by Crippen LogP contribution is -2.49. The van der Waals surface area contributed by atoms with E-state index in [9.17, 15) is 0 Å². The molecule has 10 aromatic rings. The standard InChI is InChI=1S/C47H31N3OSSi/c1-53(2)40-23-13-10-20-35(40)43-41(53)27-36(42-34-19-8-11-21-37(34)51-44(42)43)47-49-45(29-24-25-32-31-17-9-12-22-38(31)52-39(32)26-29)48-46(50-47)33-18-7-6-16-30(33)28-14-4-3-5-15-28/h3-27H,1-2H3. The van der Waals surface area contributed by atoms with Gasteiger partial charge in [-0.1, -0.05) is 140 Å². The molecule has 0 saturated heterocycles. The summed E-state index contributed by atoms with van der Waals surface area (Å²) in [6, 6.07) is 53.7. The molecule has 0 fully saturated rings. The van der Waals surface area contributed by atoms with Crippen molar-refractivity contribution in [2.24, 2.45) is 0 Å². The Morgan fingerprint density at radius 1 is 0.472 bits per heavy atom.